The summed E-state index contributed by atoms with van der Waals surface area (Å²) < 4.78 is 32.2. The maximum absolute atomic E-state index is 12.6. The standard InChI is InChI=1S/C21H35N3O4S/c1-5-6-13-28-17-11-12-19(18(22)14-17)23-20(25)15-7-9-16(10-8-15)24-29(26,27)21(2,3)4/h11-12,14-16,24H,5-10,13,22H2,1-4H3,(H,23,25). The zero-order chi connectivity index (χ0) is 21.7. The second-order valence-electron chi connectivity index (χ2n) is 8.72. The molecule has 8 heteroatoms. The van der Waals surface area contributed by atoms with Gasteiger partial charge >= 0.3 is 0 Å². The van der Waals surface area contributed by atoms with Crippen LogP contribution in [0.3, 0.4) is 0 Å². The first-order chi connectivity index (χ1) is 13.5. The van der Waals surface area contributed by atoms with Crippen LogP contribution in [0.5, 0.6) is 5.75 Å². The van der Waals surface area contributed by atoms with Gasteiger partial charge < -0.3 is 15.8 Å². The molecule has 0 spiro atoms. The molecule has 164 valence electrons. The van der Waals surface area contributed by atoms with Gasteiger partial charge in [0.2, 0.25) is 15.9 Å². The lowest BCUT2D eigenvalue weighted by molar-refractivity contribution is -0.120. The maximum Gasteiger partial charge on any atom is 0.227 e. The lowest BCUT2D eigenvalue weighted by Gasteiger charge is -2.30. The average Bonchev–Trinajstić information content (AvgIpc) is 2.63. The Balaban J connectivity index is 1.87. The Labute approximate surface area is 174 Å². The van der Waals surface area contributed by atoms with Gasteiger partial charge in [0.1, 0.15) is 5.75 Å². The highest BCUT2D eigenvalue weighted by Crippen LogP contribution is 2.29. The molecule has 1 aromatic rings. The number of nitrogens with one attached hydrogen (secondary N) is 2. The number of hydrogen-bond acceptors (Lipinski definition) is 5. The molecule has 4 N–H and O–H groups in total. The number of benzene rings is 1. The Kier molecular flexibility index (Phi) is 7.94. The fourth-order valence-electron chi connectivity index (χ4n) is 3.18. The number of nitrogen functional groups attached to an aromatic ring is 1. The number of anilines is 2. The highest BCUT2D eigenvalue weighted by Gasteiger charge is 2.34. The fourth-order valence-corrected chi connectivity index (χ4v) is 4.21. The summed E-state index contributed by atoms with van der Waals surface area (Å²) >= 11 is 0. The summed E-state index contributed by atoms with van der Waals surface area (Å²) in [5, 5.41) is 2.90. The summed E-state index contributed by atoms with van der Waals surface area (Å²) in [6, 6.07) is 5.17. The molecular formula is C21H35N3O4S. The summed E-state index contributed by atoms with van der Waals surface area (Å²) in [6.45, 7) is 7.78. The molecule has 1 saturated carbocycles. The first-order valence-corrected chi connectivity index (χ1v) is 11.9. The fraction of sp³-hybridized carbons (Fsp3) is 0.667. The molecule has 29 heavy (non-hydrogen) atoms. The second kappa shape index (κ2) is 9.80. The summed E-state index contributed by atoms with van der Waals surface area (Å²) in [7, 11) is -3.38. The topological polar surface area (TPSA) is 111 Å². The van der Waals surface area contributed by atoms with Gasteiger partial charge in [0.25, 0.3) is 0 Å². The van der Waals surface area contributed by atoms with Crippen LogP contribution in [0, 0.1) is 5.92 Å². The van der Waals surface area contributed by atoms with Crippen molar-refractivity contribution in [1.82, 2.24) is 4.72 Å². The molecular weight excluding hydrogens is 390 g/mol. The molecule has 0 heterocycles. The van der Waals surface area contributed by atoms with Crippen molar-refractivity contribution < 1.29 is 17.9 Å². The summed E-state index contributed by atoms with van der Waals surface area (Å²) in [4.78, 5) is 12.6. The highest BCUT2D eigenvalue weighted by molar-refractivity contribution is 7.90. The first kappa shape index (κ1) is 23.5. The van der Waals surface area contributed by atoms with Gasteiger partial charge in [-0.15, -0.1) is 0 Å². The number of sulfonamides is 1. The third-order valence-corrected chi connectivity index (χ3v) is 7.53. The predicted molar refractivity (Wildman–Crippen MR) is 117 cm³/mol. The van der Waals surface area contributed by atoms with E-state index in [0.29, 0.717) is 49.4 Å². The van der Waals surface area contributed by atoms with Crippen molar-refractivity contribution in [2.45, 2.75) is 77.0 Å². The monoisotopic (exact) mass is 425 g/mol. The van der Waals surface area contributed by atoms with E-state index >= 15 is 0 Å². The minimum absolute atomic E-state index is 0.0755. The van der Waals surface area contributed by atoms with Crippen molar-refractivity contribution in [2.24, 2.45) is 5.92 Å². The summed E-state index contributed by atoms with van der Waals surface area (Å²) in [6.07, 6.45) is 4.61. The first-order valence-electron chi connectivity index (χ1n) is 10.4. The highest BCUT2D eigenvalue weighted by atomic mass is 32.2. The van der Waals surface area contributed by atoms with Crippen LogP contribution in [-0.2, 0) is 14.8 Å². The minimum atomic E-state index is -3.38. The van der Waals surface area contributed by atoms with E-state index in [1.165, 1.54) is 0 Å². The van der Waals surface area contributed by atoms with Crippen LogP contribution in [0.25, 0.3) is 0 Å². The van der Waals surface area contributed by atoms with Crippen LogP contribution in [0.1, 0.15) is 66.2 Å². The molecule has 0 aromatic heterocycles. The van der Waals surface area contributed by atoms with Gasteiger partial charge in [-0.25, -0.2) is 13.1 Å². The van der Waals surface area contributed by atoms with Crippen LogP contribution in [0.2, 0.25) is 0 Å². The third kappa shape index (κ3) is 6.60. The van der Waals surface area contributed by atoms with E-state index < -0.39 is 14.8 Å². The number of unbranched alkanes of at least 4 members (excludes halogenated alkanes) is 1. The molecule has 0 atom stereocenters. The van der Waals surface area contributed by atoms with Crippen molar-refractivity contribution >= 4 is 27.3 Å². The number of carbonyl (C=O) groups is 1. The maximum atomic E-state index is 12.6. The molecule has 7 nitrogen and oxygen atoms in total. The SMILES string of the molecule is CCCCOc1ccc(NC(=O)C2CCC(NS(=O)(=O)C(C)(C)C)CC2)c(N)c1. The van der Waals surface area contributed by atoms with Gasteiger partial charge in [-0.2, -0.15) is 0 Å². The number of carbonyl (C=O) groups excluding carboxylic acids is 1. The largest absolute Gasteiger partial charge is 0.494 e. The molecule has 0 unspecified atom stereocenters. The number of ether oxygens (including phenoxy) is 1. The van der Waals surface area contributed by atoms with Gasteiger partial charge in [0.15, 0.2) is 0 Å². The van der Waals surface area contributed by atoms with Gasteiger partial charge in [-0.1, -0.05) is 13.3 Å². The molecule has 0 saturated heterocycles. The van der Waals surface area contributed by atoms with Crippen LogP contribution in [0.15, 0.2) is 18.2 Å². The van der Waals surface area contributed by atoms with Gasteiger partial charge in [-0.05, 0) is 65.0 Å². The molecule has 0 bridgehead atoms. The van der Waals surface area contributed by atoms with E-state index in [-0.39, 0.29) is 17.9 Å². The van der Waals surface area contributed by atoms with Crippen LogP contribution in [-0.4, -0.2) is 31.7 Å². The number of hydrogen-bond donors (Lipinski definition) is 3. The van der Waals surface area contributed by atoms with Crippen molar-refractivity contribution in [3.05, 3.63) is 18.2 Å². The molecule has 1 amide bonds. The Morgan fingerprint density at radius 3 is 2.41 bits per heavy atom. The number of amides is 1. The van der Waals surface area contributed by atoms with E-state index in [1.807, 2.05) is 0 Å². The van der Waals surface area contributed by atoms with E-state index in [9.17, 15) is 13.2 Å². The Bertz CT molecular complexity index is 795. The molecule has 2 rings (SSSR count). The molecule has 0 radical (unpaired) electrons. The lowest BCUT2D eigenvalue weighted by atomic mass is 9.86. The third-order valence-electron chi connectivity index (χ3n) is 5.27. The second-order valence-corrected chi connectivity index (χ2v) is 11.2. The molecule has 1 aliphatic rings. The molecule has 1 aromatic carbocycles. The van der Waals surface area contributed by atoms with Crippen molar-refractivity contribution in [2.75, 3.05) is 17.7 Å². The molecule has 1 aliphatic carbocycles. The molecule has 1 fully saturated rings. The van der Waals surface area contributed by atoms with E-state index in [4.69, 9.17) is 10.5 Å². The number of rotatable bonds is 8. The van der Waals surface area contributed by atoms with Gasteiger partial charge in [-0.3, -0.25) is 4.79 Å². The zero-order valence-electron chi connectivity index (χ0n) is 18.0. The lowest BCUT2D eigenvalue weighted by Crippen LogP contribution is -2.46. The normalized spacial score (nSPS) is 20.3. The quantitative estimate of drug-likeness (QED) is 0.435. The Hall–Kier alpha value is -1.80. The van der Waals surface area contributed by atoms with E-state index in [2.05, 4.69) is 17.0 Å². The van der Waals surface area contributed by atoms with Gasteiger partial charge in [0, 0.05) is 18.0 Å². The van der Waals surface area contributed by atoms with Crippen molar-refractivity contribution in [1.29, 1.82) is 0 Å². The van der Waals surface area contributed by atoms with Crippen LogP contribution in [0.4, 0.5) is 11.4 Å². The van der Waals surface area contributed by atoms with E-state index in [0.717, 1.165) is 12.8 Å². The average molecular weight is 426 g/mol. The smallest absolute Gasteiger partial charge is 0.227 e. The zero-order valence-corrected chi connectivity index (χ0v) is 18.8. The Morgan fingerprint density at radius 2 is 1.86 bits per heavy atom. The minimum Gasteiger partial charge on any atom is -0.494 e. The van der Waals surface area contributed by atoms with Crippen LogP contribution >= 0.6 is 0 Å². The number of nitrogens with two attached hydrogens (primary N) is 1. The van der Waals surface area contributed by atoms with Crippen molar-refractivity contribution in [3.63, 3.8) is 0 Å². The Morgan fingerprint density at radius 1 is 1.21 bits per heavy atom. The van der Waals surface area contributed by atoms with Gasteiger partial charge in [0.05, 0.1) is 22.7 Å². The molecule has 0 aliphatic heterocycles. The summed E-state index contributed by atoms with van der Waals surface area (Å²) in [5.41, 5.74) is 7.11. The predicted octanol–water partition coefficient (Wildman–Crippen LogP) is 3.66. The van der Waals surface area contributed by atoms with E-state index in [1.54, 1.807) is 39.0 Å². The summed E-state index contributed by atoms with van der Waals surface area (Å²) in [5.74, 6) is 0.472. The van der Waals surface area contributed by atoms with Crippen molar-refractivity contribution in [3.8, 4) is 5.75 Å². The van der Waals surface area contributed by atoms with Crippen LogP contribution < -0.4 is 20.5 Å².